The highest BCUT2D eigenvalue weighted by Crippen LogP contribution is 2.53. The molecule has 1 amide bonds. The Morgan fingerprint density at radius 1 is 1.44 bits per heavy atom. The van der Waals surface area contributed by atoms with Crippen molar-refractivity contribution in [3.8, 4) is 0 Å². The molecule has 1 aromatic rings. The van der Waals surface area contributed by atoms with Crippen LogP contribution in [0.1, 0.15) is 34.3 Å². The number of fused-ring (bicyclic) bond motifs is 2. The monoisotopic (exact) mass is 299 g/mol. The molecular weight excluding hydrogens is 289 g/mol. The minimum Gasteiger partial charge on any atom is -0.351 e. The first kappa shape index (κ1) is 10.6. The third-order valence-corrected chi connectivity index (χ3v) is 4.45. The van der Waals surface area contributed by atoms with Crippen molar-refractivity contribution in [3.63, 3.8) is 0 Å². The number of rotatable bonds is 1. The van der Waals surface area contributed by atoms with E-state index in [2.05, 4.69) is 21.2 Å². The van der Waals surface area contributed by atoms with Crippen LogP contribution >= 0.6 is 27.5 Å². The van der Waals surface area contributed by atoms with Crippen molar-refractivity contribution in [2.45, 2.75) is 24.1 Å². The summed E-state index contributed by atoms with van der Waals surface area (Å²) in [5.41, 5.74) is 3.17. The molecule has 2 aliphatic rings. The summed E-state index contributed by atoms with van der Waals surface area (Å²) in [4.78, 5) is 11.8. The number of carbonyl (C=O) groups is 1. The minimum atomic E-state index is 0.0280. The van der Waals surface area contributed by atoms with E-state index in [0.29, 0.717) is 5.88 Å². The van der Waals surface area contributed by atoms with Crippen LogP contribution in [0.4, 0.5) is 0 Å². The van der Waals surface area contributed by atoms with Crippen LogP contribution < -0.4 is 5.32 Å². The van der Waals surface area contributed by atoms with Gasteiger partial charge in [-0.3, -0.25) is 4.79 Å². The van der Waals surface area contributed by atoms with E-state index in [-0.39, 0.29) is 11.3 Å². The molecule has 4 heteroatoms. The van der Waals surface area contributed by atoms with Gasteiger partial charge in [0.15, 0.2) is 0 Å². The molecule has 0 atom stereocenters. The maximum absolute atomic E-state index is 11.8. The fraction of sp³-hybridized carbons (Fsp3) is 0.417. The molecule has 0 saturated heterocycles. The van der Waals surface area contributed by atoms with Crippen LogP contribution in [0.5, 0.6) is 0 Å². The maximum atomic E-state index is 11.8. The first-order chi connectivity index (χ1) is 7.66. The van der Waals surface area contributed by atoms with E-state index >= 15 is 0 Å². The molecule has 1 N–H and O–H groups in total. The van der Waals surface area contributed by atoms with Gasteiger partial charge in [0.05, 0.1) is 0 Å². The highest BCUT2D eigenvalue weighted by atomic mass is 79.9. The summed E-state index contributed by atoms with van der Waals surface area (Å²) in [6, 6.07) is 3.95. The number of benzene rings is 1. The van der Waals surface area contributed by atoms with Crippen LogP contribution in [0, 0.1) is 0 Å². The lowest BCUT2D eigenvalue weighted by Gasteiger charge is -2.27. The van der Waals surface area contributed by atoms with Gasteiger partial charge in [-0.25, -0.2) is 0 Å². The van der Waals surface area contributed by atoms with Crippen LogP contribution in [0.25, 0.3) is 0 Å². The van der Waals surface area contributed by atoms with Gasteiger partial charge in [-0.1, -0.05) is 15.9 Å². The van der Waals surface area contributed by atoms with Gasteiger partial charge >= 0.3 is 0 Å². The summed E-state index contributed by atoms with van der Waals surface area (Å²) in [5, 5.41) is 2.97. The van der Waals surface area contributed by atoms with E-state index in [1.54, 1.807) is 0 Å². The van der Waals surface area contributed by atoms with E-state index < -0.39 is 0 Å². The second kappa shape index (κ2) is 3.47. The number of halogens is 2. The zero-order chi connectivity index (χ0) is 11.3. The highest BCUT2D eigenvalue weighted by molar-refractivity contribution is 9.10. The normalized spacial score (nSPS) is 20.5. The summed E-state index contributed by atoms with van der Waals surface area (Å²) >= 11 is 9.40. The summed E-state index contributed by atoms with van der Waals surface area (Å²) in [5.74, 6) is 0.465. The van der Waals surface area contributed by atoms with E-state index in [1.165, 1.54) is 18.4 Å². The molecule has 0 unspecified atom stereocenters. The Bertz CT molecular complexity index is 482. The molecule has 16 heavy (non-hydrogen) atoms. The molecule has 2 nitrogen and oxygen atoms in total. The standard InChI is InChI=1S/C12H11BrClNO/c13-9-4-7(5-14)3-8-10(9)12(1-2-12)6-15-11(8)16/h3-4H,1-2,5-6H2,(H,15,16). The van der Waals surface area contributed by atoms with Crippen LogP contribution in [-0.2, 0) is 11.3 Å². The number of hydrogen-bond donors (Lipinski definition) is 1. The summed E-state index contributed by atoms with van der Waals surface area (Å²) < 4.78 is 1.04. The number of amides is 1. The molecule has 1 spiro atoms. The lowest BCUT2D eigenvalue weighted by molar-refractivity contribution is 0.0937. The molecule has 1 saturated carbocycles. The predicted molar refractivity (Wildman–Crippen MR) is 66.9 cm³/mol. The van der Waals surface area contributed by atoms with E-state index in [0.717, 1.165) is 22.1 Å². The first-order valence-electron chi connectivity index (χ1n) is 5.33. The zero-order valence-electron chi connectivity index (χ0n) is 8.65. The van der Waals surface area contributed by atoms with Crippen molar-refractivity contribution in [2.24, 2.45) is 0 Å². The van der Waals surface area contributed by atoms with Gasteiger partial charge in [-0.05, 0) is 36.1 Å². The topological polar surface area (TPSA) is 29.1 Å². The molecular formula is C12H11BrClNO. The Hall–Kier alpha value is -0.540. The third-order valence-electron chi connectivity index (χ3n) is 3.52. The van der Waals surface area contributed by atoms with Gasteiger partial charge in [-0.2, -0.15) is 0 Å². The Balaban J connectivity index is 2.23. The van der Waals surface area contributed by atoms with Crippen molar-refractivity contribution in [2.75, 3.05) is 6.54 Å². The number of nitrogens with one attached hydrogen (secondary N) is 1. The number of hydrogen-bond acceptors (Lipinski definition) is 1. The Morgan fingerprint density at radius 2 is 2.19 bits per heavy atom. The minimum absolute atomic E-state index is 0.0280. The first-order valence-corrected chi connectivity index (χ1v) is 6.66. The van der Waals surface area contributed by atoms with Crippen molar-refractivity contribution >= 4 is 33.4 Å². The Kier molecular flexibility index (Phi) is 2.30. The van der Waals surface area contributed by atoms with Crippen molar-refractivity contribution in [3.05, 3.63) is 33.3 Å². The maximum Gasteiger partial charge on any atom is 0.251 e. The van der Waals surface area contributed by atoms with Crippen LogP contribution in [-0.4, -0.2) is 12.5 Å². The molecule has 0 bridgehead atoms. The SMILES string of the molecule is O=C1NCC2(CC2)c2c(Br)cc(CCl)cc21. The molecule has 1 aromatic carbocycles. The van der Waals surface area contributed by atoms with Crippen molar-refractivity contribution in [1.82, 2.24) is 5.32 Å². The Morgan fingerprint density at radius 3 is 2.81 bits per heavy atom. The van der Waals surface area contributed by atoms with Gasteiger partial charge in [0, 0.05) is 27.9 Å². The average Bonchev–Trinajstić information content (AvgIpc) is 3.04. The van der Waals surface area contributed by atoms with Crippen LogP contribution in [0.3, 0.4) is 0 Å². The molecule has 0 radical (unpaired) electrons. The van der Waals surface area contributed by atoms with E-state index in [1.807, 2.05) is 12.1 Å². The summed E-state index contributed by atoms with van der Waals surface area (Å²) in [6.07, 6.45) is 2.33. The molecule has 1 heterocycles. The van der Waals surface area contributed by atoms with Crippen LogP contribution in [0.2, 0.25) is 0 Å². The summed E-state index contributed by atoms with van der Waals surface area (Å²) in [6.45, 7) is 0.775. The van der Waals surface area contributed by atoms with Gasteiger partial charge < -0.3 is 5.32 Å². The third kappa shape index (κ3) is 1.41. The molecule has 1 fully saturated rings. The van der Waals surface area contributed by atoms with E-state index in [4.69, 9.17) is 11.6 Å². The largest absolute Gasteiger partial charge is 0.351 e. The highest BCUT2D eigenvalue weighted by Gasteiger charge is 2.50. The van der Waals surface area contributed by atoms with E-state index in [9.17, 15) is 4.79 Å². The van der Waals surface area contributed by atoms with Crippen molar-refractivity contribution in [1.29, 1.82) is 0 Å². The van der Waals surface area contributed by atoms with Gasteiger partial charge in [0.2, 0.25) is 0 Å². The summed E-state index contributed by atoms with van der Waals surface area (Å²) in [7, 11) is 0. The molecule has 0 aromatic heterocycles. The smallest absolute Gasteiger partial charge is 0.251 e. The molecule has 1 aliphatic heterocycles. The lowest BCUT2D eigenvalue weighted by Crippen LogP contribution is -2.39. The molecule has 84 valence electrons. The lowest BCUT2D eigenvalue weighted by atomic mass is 9.87. The quantitative estimate of drug-likeness (QED) is 0.794. The fourth-order valence-electron chi connectivity index (χ4n) is 2.47. The number of carbonyl (C=O) groups excluding carboxylic acids is 1. The van der Waals surface area contributed by atoms with Gasteiger partial charge in [0.25, 0.3) is 5.91 Å². The van der Waals surface area contributed by atoms with Crippen LogP contribution in [0.15, 0.2) is 16.6 Å². The second-order valence-electron chi connectivity index (χ2n) is 4.60. The van der Waals surface area contributed by atoms with Gasteiger partial charge in [-0.15, -0.1) is 11.6 Å². The Labute approximate surface area is 107 Å². The van der Waals surface area contributed by atoms with Crippen molar-refractivity contribution < 1.29 is 4.79 Å². The van der Waals surface area contributed by atoms with Gasteiger partial charge in [0.1, 0.15) is 0 Å². The zero-order valence-corrected chi connectivity index (χ0v) is 11.0. The molecule has 3 rings (SSSR count). The average molecular weight is 301 g/mol. The predicted octanol–water partition coefficient (Wildman–Crippen LogP) is 2.96. The second-order valence-corrected chi connectivity index (χ2v) is 5.72. The fourth-order valence-corrected chi connectivity index (χ4v) is 3.55. The molecule has 1 aliphatic carbocycles. The number of alkyl halides is 1.